The Hall–Kier alpha value is -2.67. The van der Waals surface area contributed by atoms with Crippen LogP contribution in [0.5, 0.6) is 0 Å². The maximum atomic E-state index is 12.9. The summed E-state index contributed by atoms with van der Waals surface area (Å²) in [5.74, 6) is -0.325. The minimum absolute atomic E-state index is 0.0319. The molecule has 6 nitrogen and oxygen atoms in total. The molecule has 0 aromatic heterocycles. The summed E-state index contributed by atoms with van der Waals surface area (Å²) in [6.07, 6.45) is 2.40. The van der Waals surface area contributed by atoms with Gasteiger partial charge in [-0.2, -0.15) is 0 Å². The number of hydrogen-bond acceptors (Lipinski definition) is 4. The van der Waals surface area contributed by atoms with Crippen LogP contribution in [0.3, 0.4) is 0 Å². The molecule has 1 aliphatic heterocycles. The van der Waals surface area contributed by atoms with E-state index < -0.39 is 9.84 Å². The van der Waals surface area contributed by atoms with Crippen LogP contribution in [0.4, 0.5) is 11.4 Å². The standard InChI is InChI=1S/C24H28N2O4S/c1-15-4-5-16(2)21(12-15)25-23(27)10-11-31(29,30)20-8-9-22-19(14-20)13-17(3)26(22)24(28)18-6-7-18/h4-5,8-9,12,14,17-18H,6-7,10-11,13H2,1-3H3,(H,25,27)/t17-/m1/s1. The average molecular weight is 441 g/mol. The normalized spacial score (nSPS) is 18.0. The third kappa shape index (κ3) is 4.51. The van der Waals surface area contributed by atoms with Crippen molar-refractivity contribution in [2.75, 3.05) is 16.0 Å². The molecular formula is C24H28N2O4S. The summed E-state index contributed by atoms with van der Waals surface area (Å²) in [6, 6.07) is 10.8. The Labute approximate surface area is 183 Å². The van der Waals surface area contributed by atoms with Gasteiger partial charge in [-0.25, -0.2) is 8.42 Å². The van der Waals surface area contributed by atoms with Gasteiger partial charge in [0.1, 0.15) is 0 Å². The van der Waals surface area contributed by atoms with E-state index in [2.05, 4.69) is 5.32 Å². The van der Waals surface area contributed by atoms with Crippen LogP contribution in [-0.2, 0) is 25.8 Å². The second-order valence-electron chi connectivity index (χ2n) is 8.76. The van der Waals surface area contributed by atoms with Gasteiger partial charge < -0.3 is 10.2 Å². The van der Waals surface area contributed by atoms with Gasteiger partial charge in [0.15, 0.2) is 9.84 Å². The highest BCUT2D eigenvalue weighted by Crippen LogP contribution is 2.39. The number of nitrogens with zero attached hydrogens (tertiary/aromatic N) is 1. The molecule has 2 aromatic carbocycles. The van der Waals surface area contributed by atoms with Crippen LogP contribution in [0, 0.1) is 19.8 Å². The Morgan fingerprint density at radius 1 is 1.10 bits per heavy atom. The first-order chi connectivity index (χ1) is 14.7. The SMILES string of the molecule is Cc1ccc(C)c(NC(=O)CCS(=O)(=O)c2ccc3c(c2)C[C@@H](C)N3C(=O)C2CC2)c1. The van der Waals surface area contributed by atoms with Gasteiger partial charge in [0, 0.05) is 29.8 Å². The summed E-state index contributed by atoms with van der Waals surface area (Å²) in [5, 5.41) is 2.81. The van der Waals surface area contributed by atoms with E-state index in [0.717, 1.165) is 35.2 Å². The van der Waals surface area contributed by atoms with Crippen molar-refractivity contribution in [2.24, 2.45) is 5.92 Å². The molecule has 1 N–H and O–H groups in total. The second kappa shape index (κ2) is 8.11. The number of rotatable bonds is 6. The molecule has 1 aliphatic carbocycles. The molecule has 1 heterocycles. The van der Waals surface area contributed by atoms with Crippen molar-refractivity contribution in [1.82, 2.24) is 0 Å². The molecule has 2 aromatic rings. The minimum atomic E-state index is -3.61. The number of carbonyl (C=O) groups is 2. The zero-order chi connectivity index (χ0) is 22.3. The van der Waals surface area contributed by atoms with Gasteiger partial charge in [-0.3, -0.25) is 9.59 Å². The number of benzene rings is 2. The molecule has 0 radical (unpaired) electrons. The van der Waals surface area contributed by atoms with Gasteiger partial charge in [0.2, 0.25) is 11.8 Å². The molecule has 0 bridgehead atoms. The molecule has 7 heteroatoms. The highest BCUT2D eigenvalue weighted by Gasteiger charge is 2.39. The first-order valence-electron chi connectivity index (χ1n) is 10.7. The number of fused-ring (bicyclic) bond motifs is 1. The van der Waals surface area contributed by atoms with E-state index in [1.54, 1.807) is 18.2 Å². The van der Waals surface area contributed by atoms with E-state index in [1.807, 2.05) is 43.9 Å². The Morgan fingerprint density at radius 3 is 2.55 bits per heavy atom. The van der Waals surface area contributed by atoms with Crippen LogP contribution < -0.4 is 10.2 Å². The Kier molecular flexibility index (Phi) is 5.64. The Balaban J connectivity index is 1.44. The minimum Gasteiger partial charge on any atom is -0.326 e. The first kappa shape index (κ1) is 21.6. The predicted molar refractivity (Wildman–Crippen MR) is 121 cm³/mol. The van der Waals surface area contributed by atoms with Crippen molar-refractivity contribution < 1.29 is 18.0 Å². The summed E-state index contributed by atoms with van der Waals surface area (Å²) < 4.78 is 25.7. The van der Waals surface area contributed by atoms with E-state index in [9.17, 15) is 18.0 Å². The number of carbonyl (C=O) groups excluding carboxylic acids is 2. The number of nitrogens with one attached hydrogen (secondary N) is 1. The van der Waals surface area contributed by atoms with E-state index in [1.165, 1.54) is 0 Å². The van der Waals surface area contributed by atoms with Crippen molar-refractivity contribution in [1.29, 1.82) is 0 Å². The maximum Gasteiger partial charge on any atom is 0.230 e. The number of hydrogen-bond donors (Lipinski definition) is 1. The molecule has 0 saturated heterocycles. The monoisotopic (exact) mass is 440 g/mol. The van der Waals surface area contributed by atoms with Gasteiger partial charge in [0.05, 0.1) is 10.6 Å². The summed E-state index contributed by atoms with van der Waals surface area (Å²) in [5.41, 5.74) is 4.35. The average Bonchev–Trinajstić information content (AvgIpc) is 3.51. The van der Waals surface area contributed by atoms with Gasteiger partial charge in [0.25, 0.3) is 0 Å². The van der Waals surface area contributed by atoms with Crippen LogP contribution in [0.2, 0.25) is 0 Å². The van der Waals surface area contributed by atoms with E-state index in [-0.39, 0.29) is 40.8 Å². The molecule has 4 rings (SSSR count). The van der Waals surface area contributed by atoms with Crippen molar-refractivity contribution in [2.45, 2.75) is 57.4 Å². The molecule has 0 unspecified atom stereocenters. The maximum absolute atomic E-state index is 12.9. The van der Waals surface area contributed by atoms with E-state index >= 15 is 0 Å². The molecule has 1 saturated carbocycles. The Bertz CT molecular complexity index is 1150. The van der Waals surface area contributed by atoms with Crippen LogP contribution in [0.25, 0.3) is 0 Å². The quantitative estimate of drug-likeness (QED) is 0.741. The van der Waals surface area contributed by atoms with Gasteiger partial charge in [-0.15, -0.1) is 0 Å². The molecule has 1 fully saturated rings. The van der Waals surface area contributed by atoms with Crippen LogP contribution in [0.1, 0.15) is 42.9 Å². The largest absolute Gasteiger partial charge is 0.326 e. The van der Waals surface area contributed by atoms with Crippen molar-refractivity contribution >= 4 is 33.0 Å². The molecule has 2 amide bonds. The van der Waals surface area contributed by atoms with Crippen molar-refractivity contribution in [3.8, 4) is 0 Å². The van der Waals surface area contributed by atoms with Crippen molar-refractivity contribution in [3.63, 3.8) is 0 Å². The number of aryl methyl sites for hydroxylation is 2. The van der Waals surface area contributed by atoms with Crippen LogP contribution in [0.15, 0.2) is 41.3 Å². The van der Waals surface area contributed by atoms with Crippen LogP contribution >= 0.6 is 0 Å². The fourth-order valence-electron chi connectivity index (χ4n) is 4.09. The zero-order valence-electron chi connectivity index (χ0n) is 18.1. The number of sulfone groups is 1. The van der Waals surface area contributed by atoms with E-state index in [4.69, 9.17) is 0 Å². The summed E-state index contributed by atoms with van der Waals surface area (Å²) in [6.45, 7) is 5.83. The summed E-state index contributed by atoms with van der Waals surface area (Å²) >= 11 is 0. The summed E-state index contributed by atoms with van der Waals surface area (Å²) in [4.78, 5) is 27.0. The lowest BCUT2D eigenvalue weighted by Gasteiger charge is -2.22. The molecule has 2 aliphatic rings. The predicted octanol–water partition coefficient (Wildman–Crippen LogP) is 3.79. The molecule has 1 atom stereocenters. The van der Waals surface area contributed by atoms with Gasteiger partial charge >= 0.3 is 0 Å². The van der Waals surface area contributed by atoms with Crippen LogP contribution in [-0.4, -0.2) is 32.0 Å². The fraction of sp³-hybridized carbons (Fsp3) is 0.417. The second-order valence-corrected chi connectivity index (χ2v) is 10.9. The highest BCUT2D eigenvalue weighted by atomic mass is 32.2. The third-order valence-electron chi connectivity index (χ3n) is 6.05. The molecule has 0 spiro atoms. The highest BCUT2D eigenvalue weighted by molar-refractivity contribution is 7.91. The molecule has 31 heavy (non-hydrogen) atoms. The lowest BCUT2D eigenvalue weighted by molar-refractivity contribution is -0.120. The smallest absolute Gasteiger partial charge is 0.230 e. The first-order valence-corrected chi connectivity index (χ1v) is 12.4. The summed E-state index contributed by atoms with van der Waals surface area (Å²) in [7, 11) is -3.61. The molecule has 164 valence electrons. The number of anilines is 2. The van der Waals surface area contributed by atoms with Gasteiger partial charge in [-0.05, 0) is 81.0 Å². The topological polar surface area (TPSA) is 83.6 Å². The van der Waals surface area contributed by atoms with E-state index in [0.29, 0.717) is 12.1 Å². The number of amides is 2. The lowest BCUT2D eigenvalue weighted by Crippen LogP contribution is -2.36. The van der Waals surface area contributed by atoms with Crippen molar-refractivity contribution in [3.05, 3.63) is 53.1 Å². The fourth-order valence-corrected chi connectivity index (χ4v) is 5.38. The van der Waals surface area contributed by atoms with Gasteiger partial charge in [-0.1, -0.05) is 12.1 Å². The third-order valence-corrected chi connectivity index (χ3v) is 7.77. The zero-order valence-corrected chi connectivity index (χ0v) is 19.0. The lowest BCUT2D eigenvalue weighted by atomic mass is 10.1. The Morgan fingerprint density at radius 2 is 1.84 bits per heavy atom. The molecular weight excluding hydrogens is 412 g/mol.